The third-order valence-corrected chi connectivity index (χ3v) is 6.93. The molecule has 0 spiro atoms. The SMILES string of the molecule is CC1CCN(C(=O)c2ccc3cc(OCCCN4CCCCC4C)ccc3c2)CC1. The molecule has 4 rings (SSSR count). The molecule has 0 aliphatic carbocycles. The molecular formula is C26H36N2O2. The standard InChI is InChI=1S/C26H36N2O2/c1-20-11-15-28(16-12-20)26(29)24-8-7-23-19-25(10-9-22(23)18-24)30-17-5-14-27-13-4-3-6-21(27)2/h7-10,18-21H,3-6,11-17H2,1-2H3. The van der Waals surface area contributed by atoms with Gasteiger partial charge >= 0.3 is 0 Å². The minimum absolute atomic E-state index is 0.163. The summed E-state index contributed by atoms with van der Waals surface area (Å²) in [7, 11) is 0. The fourth-order valence-electron chi connectivity index (χ4n) is 4.79. The average Bonchev–Trinajstić information content (AvgIpc) is 2.77. The Balaban J connectivity index is 1.32. The van der Waals surface area contributed by atoms with Crippen LogP contribution in [-0.4, -0.2) is 54.5 Å². The van der Waals surface area contributed by atoms with Gasteiger partial charge in [0, 0.05) is 31.2 Å². The first kappa shape index (κ1) is 21.2. The highest BCUT2D eigenvalue weighted by Crippen LogP contribution is 2.24. The molecule has 0 radical (unpaired) electrons. The monoisotopic (exact) mass is 408 g/mol. The van der Waals surface area contributed by atoms with E-state index in [-0.39, 0.29) is 5.91 Å². The number of fused-ring (bicyclic) bond motifs is 1. The molecule has 4 heteroatoms. The molecule has 2 aliphatic rings. The molecule has 1 amide bonds. The van der Waals surface area contributed by atoms with Crippen molar-refractivity contribution < 1.29 is 9.53 Å². The van der Waals surface area contributed by atoms with Gasteiger partial charge in [0.1, 0.15) is 5.75 Å². The third kappa shape index (κ3) is 5.15. The molecule has 2 aromatic carbocycles. The van der Waals surface area contributed by atoms with Gasteiger partial charge in [-0.15, -0.1) is 0 Å². The Morgan fingerprint density at radius 1 is 0.967 bits per heavy atom. The molecule has 1 atom stereocenters. The lowest BCUT2D eigenvalue weighted by Gasteiger charge is -2.33. The van der Waals surface area contributed by atoms with Gasteiger partial charge in [-0.1, -0.05) is 25.5 Å². The van der Waals surface area contributed by atoms with Crippen LogP contribution in [0.2, 0.25) is 0 Å². The predicted molar refractivity (Wildman–Crippen MR) is 123 cm³/mol. The van der Waals surface area contributed by atoms with Crippen molar-refractivity contribution in [3.05, 3.63) is 42.0 Å². The Morgan fingerprint density at radius 3 is 2.53 bits per heavy atom. The minimum atomic E-state index is 0.163. The number of likely N-dealkylation sites (tertiary alicyclic amines) is 2. The zero-order valence-corrected chi connectivity index (χ0v) is 18.6. The van der Waals surface area contributed by atoms with Gasteiger partial charge in [-0.05, 0) is 86.5 Å². The van der Waals surface area contributed by atoms with Gasteiger partial charge in [-0.3, -0.25) is 4.79 Å². The summed E-state index contributed by atoms with van der Waals surface area (Å²) in [6.45, 7) is 9.46. The van der Waals surface area contributed by atoms with E-state index in [0.717, 1.165) is 73.5 Å². The first-order valence-electron chi connectivity index (χ1n) is 11.8. The van der Waals surface area contributed by atoms with Crippen LogP contribution in [0.3, 0.4) is 0 Å². The summed E-state index contributed by atoms with van der Waals surface area (Å²) in [5.41, 5.74) is 0.793. The number of piperidine rings is 2. The van der Waals surface area contributed by atoms with Crippen molar-refractivity contribution in [2.24, 2.45) is 5.92 Å². The van der Waals surface area contributed by atoms with E-state index in [1.807, 2.05) is 23.1 Å². The summed E-state index contributed by atoms with van der Waals surface area (Å²) >= 11 is 0. The van der Waals surface area contributed by atoms with E-state index in [4.69, 9.17) is 4.74 Å². The van der Waals surface area contributed by atoms with Crippen molar-refractivity contribution in [2.45, 2.75) is 58.4 Å². The van der Waals surface area contributed by atoms with Gasteiger partial charge in [0.15, 0.2) is 0 Å². The van der Waals surface area contributed by atoms with Crippen molar-refractivity contribution in [1.82, 2.24) is 9.80 Å². The number of hydrogen-bond donors (Lipinski definition) is 0. The average molecular weight is 409 g/mol. The van der Waals surface area contributed by atoms with Gasteiger partial charge in [0.2, 0.25) is 0 Å². The van der Waals surface area contributed by atoms with E-state index in [1.165, 1.54) is 25.8 Å². The van der Waals surface area contributed by atoms with Gasteiger partial charge in [0.25, 0.3) is 5.91 Å². The Labute approximate surface area is 181 Å². The van der Waals surface area contributed by atoms with Crippen LogP contribution in [-0.2, 0) is 0 Å². The molecular weight excluding hydrogens is 372 g/mol. The highest BCUT2D eigenvalue weighted by molar-refractivity contribution is 5.98. The zero-order chi connectivity index (χ0) is 20.9. The molecule has 162 valence electrons. The first-order valence-corrected chi connectivity index (χ1v) is 11.8. The van der Waals surface area contributed by atoms with Gasteiger partial charge in [-0.2, -0.15) is 0 Å². The smallest absolute Gasteiger partial charge is 0.253 e. The topological polar surface area (TPSA) is 32.8 Å². The van der Waals surface area contributed by atoms with Gasteiger partial charge < -0.3 is 14.5 Å². The molecule has 2 heterocycles. The maximum Gasteiger partial charge on any atom is 0.253 e. The summed E-state index contributed by atoms with van der Waals surface area (Å²) in [5.74, 6) is 1.81. The van der Waals surface area contributed by atoms with E-state index in [0.29, 0.717) is 6.04 Å². The maximum atomic E-state index is 12.8. The quantitative estimate of drug-likeness (QED) is 0.604. The van der Waals surface area contributed by atoms with Crippen LogP contribution in [0.1, 0.15) is 62.7 Å². The lowest BCUT2D eigenvalue weighted by molar-refractivity contribution is 0.0697. The highest BCUT2D eigenvalue weighted by Gasteiger charge is 2.21. The number of rotatable bonds is 6. The van der Waals surface area contributed by atoms with Crippen LogP contribution in [0.4, 0.5) is 0 Å². The molecule has 1 unspecified atom stereocenters. The second-order valence-electron chi connectivity index (χ2n) is 9.28. The van der Waals surface area contributed by atoms with Crippen LogP contribution in [0, 0.1) is 5.92 Å². The number of carbonyl (C=O) groups is 1. The Morgan fingerprint density at radius 2 is 1.73 bits per heavy atom. The second-order valence-corrected chi connectivity index (χ2v) is 9.28. The molecule has 2 saturated heterocycles. The maximum absolute atomic E-state index is 12.8. The lowest BCUT2D eigenvalue weighted by atomic mass is 9.98. The zero-order valence-electron chi connectivity index (χ0n) is 18.6. The Bertz CT molecular complexity index is 857. The molecule has 4 nitrogen and oxygen atoms in total. The molecule has 0 bridgehead atoms. The summed E-state index contributed by atoms with van der Waals surface area (Å²) in [6.07, 6.45) is 7.30. The Kier molecular flexibility index (Phi) is 6.93. The molecule has 0 aromatic heterocycles. The molecule has 2 fully saturated rings. The fraction of sp³-hybridized carbons (Fsp3) is 0.577. The van der Waals surface area contributed by atoms with Crippen molar-refractivity contribution in [3.8, 4) is 5.75 Å². The lowest BCUT2D eigenvalue weighted by Crippen LogP contribution is -2.38. The van der Waals surface area contributed by atoms with E-state index in [1.54, 1.807) is 0 Å². The molecule has 2 aliphatic heterocycles. The Hall–Kier alpha value is -2.07. The number of nitrogens with zero attached hydrogens (tertiary/aromatic N) is 2. The van der Waals surface area contributed by atoms with E-state index < -0.39 is 0 Å². The molecule has 30 heavy (non-hydrogen) atoms. The number of ether oxygens (including phenoxy) is 1. The molecule has 0 saturated carbocycles. The first-order chi connectivity index (χ1) is 14.6. The summed E-state index contributed by atoms with van der Waals surface area (Å²) in [5, 5.41) is 2.22. The molecule has 2 aromatic rings. The van der Waals surface area contributed by atoms with Crippen LogP contribution < -0.4 is 4.74 Å². The summed E-state index contributed by atoms with van der Waals surface area (Å²) < 4.78 is 6.02. The minimum Gasteiger partial charge on any atom is -0.494 e. The molecule has 0 N–H and O–H groups in total. The summed E-state index contributed by atoms with van der Waals surface area (Å²) in [6, 6.07) is 13.0. The normalized spacial score (nSPS) is 21.1. The highest BCUT2D eigenvalue weighted by atomic mass is 16.5. The van der Waals surface area contributed by atoms with E-state index in [2.05, 4.69) is 36.9 Å². The van der Waals surface area contributed by atoms with Crippen LogP contribution in [0.25, 0.3) is 10.8 Å². The van der Waals surface area contributed by atoms with Crippen molar-refractivity contribution in [3.63, 3.8) is 0 Å². The van der Waals surface area contributed by atoms with Crippen LogP contribution in [0.15, 0.2) is 36.4 Å². The summed E-state index contributed by atoms with van der Waals surface area (Å²) in [4.78, 5) is 17.4. The van der Waals surface area contributed by atoms with E-state index >= 15 is 0 Å². The van der Waals surface area contributed by atoms with Crippen molar-refractivity contribution in [1.29, 1.82) is 0 Å². The number of amides is 1. The second kappa shape index (κ2) is 9.82. The number of carbonyl (C=O) groups excluding carboxylic acids is 1. The van der Waals surface area contributed by atoms with Crippen LogP contribution in [0.5, 0.6) is 5.75 Å². The largest absolute Gasteiger partial charge is 0.494 e. The number of hydrogen-bond acceptors (Lipinski definition) is 3. The van der Waals surface area contributed by atoms with Gasteiger partial charge in [-0.25, -0.2) is 0 Å². The van der Waals surface area contributed by atoms with Crippen LogP contribution >= 0.6 is 0 Å². The van der Waals surface area contributed by atoms with Crippen molar-refractivity contribution >= 4 is 16.7 Å². The predicted octanol–water partition coefficient (Wildman–Crippen LogP) is 5.36. The third-order valence-electron chi connectivity index (χ3n) is 6.93. The van der Waals surface area contributed by atoms with Gasteiger partial charge in [0.05, 0.1) is 6.61 Å². The van der Waals surface area contributed by atoms with Crippen molar-refractivity contribution in [2.75, 3.05) is 32.8 Å². The van der Waals surface area contributed by atoms with E-state index in [9.17, 15) is 4.79 Å². The fourth-order valence-corrected chi connectivity index (χ4v) is 4.79. The number of benzene rings is 2.